The Morgan fingerprint density at radius 3 is 2.96 bits per heavy atom. The van der Waals surface area contributed by atoms with Crippen LogP contribution in [0.25, 0.3) is 10.2 Å². The molecule has 2 heterocycles. The van der Waals surface area contributed by atoms with E-state index < -0.39 is 0 Å². The Morgan fingerprint density at radius 2 is 2.12 bits per heavy atom. The van der Waals surface area contributed by atoms with E-state index in [-0.39, 0.29) is 11.2 Å². The fourth-order valence-electron chi connectivity index (χ4n) is 4.04. The van der Waals surface area contributed by atoms with Crippen LogP contribution in [0.1, 0.15) is 56.4 Å². The number of carbonyl (C=O) groups is 1. The molecule has 4 rings (SSSR count). The minimum atomic E-state index is -0.135. The first kappa shape index (κ1) is 17.3. The summed E-state index contributed by atoms with van der Waals surface area (Å²) in [6, 6.07) is 0.333. The van der Waals surface area contributed by atoms with Gasteiger partial charge in [-0.25, -0.2) is 9.97 Å². The van der Waals surface area contributed by atoms with Gasteiger partial charge in [-0.3, -0.25) is 4.79 Å². The molecule has 2 aliphatic carbocycles. The third kappa shape index (κ3) is 3.43. The molecule has 3 atom stereocenters. The lowest BCUT2D eigenvalue weighted by Crippen LogP contribution is -2.44. The zero-order chi connectivity index (χ0) is 17.4. The van der Waals surface area contributed by atoms with E-state index in [9.17, 15) is 4.79 Å². The van der Waals surface area contributed by atoms with Crippen molar-refractivity contribution in [3.8, 4) is 0 Å². The van der Waals surface area contributed by atoms with Gasteiger partial charge in [0, 0.05) is 16.3 Å². The van der Waals surface area contributed by atoms with E-state index in [1.54, 1.807) is 29.4 Å². The maximum Gasteiger partial charge on any atom is 0.233 e. The second-order valence-corrected chi connectivity index (χ2v) is 9.77. The van der Waals surface area contributed by atoms with Crippen molar-refractivity contribution in [3.05, 3.63) is 16.8 Å². The predicted octanol–water partition coefficient (Wildman–Crippen LogP) is 4.36. The molecule has 4 nitrogen and oxygen atoms in total. The van der Waals surface area contributed by atoms with Gasteiger partial charge in [-0.1, -0.05) is 31.5 Å². The topological polar surface area (TPSA) is 54.9 Å². The lowest BCUT2D eigenvalue weighted by atomic mass is 9.86. The molecule has 0 saturated heterocycles. The Kier molecular flexibility index (Phi) is 5.00. The molecule has 2 aliphatic rings. The molecular weight excluding hydrogens is 350 g/mol. The normalized spacial score (nSPS) is 24.2. The third-order valence-corrected chi connectivity index (χ3v) is 7.86. The maximum atomic E-state index is 12.7. The molecule has 0 radical (unpaired) electrons. The van der Waals surface area contributed by atoms with Gasteiger partial charge in [-0.05, 0) is 50.5 Å². The van der Waals surface area contributed by atoms with Crippen molar-refractivity contribution in [2.75, 3.05) is 0 Å². The first-order valence-corrected chi connectivity index (χ1v) is 11.1. The van der Waals surface area contributed by atoms with Gasteiger partial charge in [0.2, 0.25) is 5.91 Å². The molecule has 0 bridgehead atoms. The Bertz CT molecular complexity index is 788. The van der Waals surface area contributed by atoms with Gasteiger partial charge in [-0.15, -0.1) is 11.3 Å². The number of aryl methyl sites for hydroxylation is 2. The summed E-state index contributed by atoms with van der Waals surface area (Å²) in [4.78, 5) is 24.2. The number of carbonyl (C=O) groups excluding carboxylic acids is 1. The Morgan fingerprint density at radius 1 is 1.28 bits per heavy atom. The quantitative estimate of drug-likeness (QED) is 0.637. The minimum absolute atomic E-state index is 0.135. The average molecular weight is 376 g/mol. The van der Waals surface area contributed by atoms with E-state index >= 15 is 0 Å². The number of amides is 1. The van der Waals surface area contributed by atoms with E-state index in [1.165, 1.54) is 41.5 Å². The standard InChI is InChI=1S/C19H25N3OS2/c1-11-6-3-4-8-14(11)22-17(23)12(2)24-18-16-13-7-5-9-15(13)25-19(16)21-10-20-18/h10-12,14H,3-9H2,1-2H3,(H,22,23)/t11-,12+,14+/m0/s1. The molecule has 134 valence electrons. The first-order valence-electron chi connectivity index (χ1n) is 9.35. The molecule has 1 amide bonds. The molecule has 0 aliphatic heterocycles. The van der Waals surface area contributed by atoms with Crippen LogP contribution in [-0.4, -0.2) is 27.2 Å². The molecule has 2 aromatic heterocycles. The molecule has 1 N–H and O–H groups in total. The fraction of sp³-hybridized carbons (Fsp3) is 0.632. The smallest absolute Gasteiger partial charge is 0.233 e. The number of hydrogen-bond donors (Lipinski definition) is 1. The summed E-state index contributed by atoms with van der Waals surface area (Å²) in [5, 5.41) is 5.33. The van der Waals surface area contributed by atoms with Crippen LogP contribution in [0.4, 0.5) is 0 Å². The molecule has 1 fully saturated rings. The summed E-state index contributed by atoms with van der Waals surface area (Å²) in [5.74, 6) is 0.725. The largest absolute Gasteiger partial charge is 0.352 e. The number of thiophene rings is 1. The van der Waals surface area contributed by atoms with Crippen molar-refractivity contribution >= 4 is 39.2 Å². The first-order chi connectivity index (χ1) is 12.1. The van der Waals surface area contributed by atoms with Crippen molar-refractivity contribution < 1.29 is 4.79 Å². The SMILES string of the molecule is C[C@@H](Sc1ncnc2sc3c(c12)CCC3)C(=O)N[C@@H]1CCCC[C@@H]1C. The van der Waals surface area contributed by atoms with Gasteiger partial charge in [0.1, 0.15) is 16.2 Å². The molecule has 0 aromatic carbocycles. The van der Waals surface area contributed by atoms with Crippen molar-refractivity contribution in [2.24, 2.45) is 5.92 Å². The highest BCUT2D eigenvalue weighted by Crippen LogP contribution is 2.40. The number of nitrogens with zero attached hydrogens (tertiary/aromatic N) is 2. The van der Waals surface area contributed by atoms with Crippen LogP contribution in [0.3, 0.4) is 0 Å². The molecular formula is C19H25N3OS2. The highest BCUT2D eigenvalue weighted by molar-refractivity contribution is 8.00. The summed E-state index contributed by atoms with van der Waals surface area (Å²) < 4.78 is 0. The van der Waals surface area contributed by atoms with Gasteiger partial charge in [-0.2, -0.15) is 0 Å². The van der Waals surface area contributed by atoms with Crippen LogP contribution in [0, 0.1) is 5.92 Å². The monoisotopic (exact) mass is 375 g/mol. The summed E-state index contributed by atoms with van der Waals surface area (Å²) in [6.07, 6.45) is 10.0. The molecule has 1 saturated carbocycles. The van der Waals surface area contributed by atoms with Crippen LogP contribution in [-0.2, 0) is 17.6 Å². The van der Waals surface area contributed by atoms with Crippen LogP contribution >= 0.6 is 23.1 Å². The van der Waals surface area contributed by atoms with Gasteiger partial charge in [0.05, 0.1) is 5.25 Å². The minimum Gasteiger partial charge on any atom is -0.352 e. The number of aromatic nitrogens is 2. The van der Waals surface area contributed by atoms with E-state index in [1.807, 2.05) is 6.92 Å². The van der Waals surface area contributed by atoms with Crippen molar-refractivity contribution in [1.82, 2.24) is 15.3 Å². The van der Waals surface area contributed by atoms with Crippen molar-refractivity contribution in [1.29, 1.82) is 0 Å². The van der Waals surface area contributed by atoms with Gasteiger partial charge >= 0.3 is 0 Å². The van der Waals surface area contributed by atoms with E-state index in [0.717, 1.165) is 29.1 Å². The van der Waals surface area contributed by atoms with Crippen molar-refractivity contribution in [2.45, 2.75) is 75.1 Å². The number of rotatable bonds is 4. The molecule has 6 heteroatoms. The fourth-order valence-corrected chi connectivity index (χ4v) is 6.29. The van der Waals surface area contributed by atoms with Crippen LogP contribution in [0.2, 0.25) is 0 Å². The highest BCUT2D eigenvalue weighted by atomic mass is 32.2. The lowest BCUT2D eigenvalue weighted by Gasteiger charge is -2.30. The second kappa shape index (κ2) is 7.23. The number of thioether (sulfide) groups is 1. The maximum absolute atomic E-state index is 12.7. The number of hydrogen-bond acceptors (Lipinski definition) is 5. The zero-order valence-electron chi connectivity index (χ0n) is 14.9. The van der Waals surface area contributed by atoms with Gasteiger partial charge in [0.25, 0.3) is 0 Å². The van der Waals surface area contributed by atoms with Crippen molar-refractivity contribution in [3.63, 3.8) is 0 Å². The number of nitrogens with one attached hydrogen (secondary N) is 1. The average Bonchev–Trinajstić information content (AvgIpc) is 3.18. The van der Waals surface area contributed by atoms with E-state index in [4.69, 9.17) is 0 Å². The molecule has 0 spiro atoms. The predicted molar refractivity (Wildman–Crippen MR) is 104 cm³/mol. The Balaban J connectivity index is 1.50. The lowest BCUT2D eigenvalue weighted by molar-refractivity contribution is -0.121. The Hall–Kier alpha value is -1.14. The Labute approximate surface area is 157 Å². The summed E-state index contributed by atoms with van der Waals surface area (Å²) in [7, 11) is 0. The van der Waals surface area contributed by atoms with Gasteiger partial charge < -0.3 is 5.32 Å². The van der Waals surface area contributed by atoms with Gasteiger partial charge in [0.15, 0.2) is 0 Å². The van der Waals surface area contributed by atoms with E-state index in [2.05, 4.69) is 22.2 Å². The molecule has 25 heavy (non-hydrogen) atoms. The second-order valence-electron chi connectivity index (χ2n) is 7.35. The van der Waals surface area contributed by atoms with Crippen LogP contribution in [0.5, 0.6) is 0 Å². The van der Waals surface area contributed by atoms with Crippen LogP contribution < -0.4 is 5.32 Å². The summed E-state index contributed by atoms with van der Waals surface area (Å²) >= 11 is 3.38. The summed E-state index contributed by atoms with van der Waals surface area (Å²) in [5.41, 5.74) is 1.43. The molecule has 0 unspecified atom stereocenters. The highest BCUT2D eigenvalue weighted by Gasteiger charge is 2.27. The van der Waals surface area contributed by atoms with E-state index in [0.29, 0.717) is 12.0 Å². The zero-order valence-corrected chi connectivity index (χ0v) is 16.5. The third-order valence-electron chi connectivity index (χ3n) is 5.56. The summed E-state index contributed by atoms with van der Waals surface area (Å²) in [6.45, 7) is 4.25. The number of fused-ring (bicyclic) bond motifs is 3. The van der Waals surface area contributed by atoms with Crippen LogP contribution in [0.15, 0.2) is 11.4 Å². The molecule has 2 aromatic rings.